The van der Waals surface area contributed by atoms with Crippen molar-refractivity contribution in [1.82, 2.24) is 10.3 Å². The molecule has 6 rings (SSSR count). The molecule has 3 heterocycles. The lowest BCUT2D eigenvalue weighted by atomic mass is 10.0. The fourth-order valence-corrected chi connectivity index (χ4v) is 6.17. The number of nitro groups is 1. The number of carbonyl (C=O) groups is 1. The monoisotopic (exact) mass is 608 g/mol. The van der Waals surface area contributed by atoms with Crippen LogP contribution in [0.4, 0.5) is 11.4 Å². The molecule has 9 nitrogen and oxygen atoms in total. The number of non-ortho nitro benzene ring substituents is 1. The number of pyridine rings is 1. The average Bonchev–Trinajstić information content (AvgIpc) is 3.66. The summed E-state index contributed by atoms with van der Waals surface area (Å²) < 4.78 is 11.4. The number of nitrogens with zero attached hydrogens (tertiary/aromatic N) is 3. The second-order valence-corrected chi connectivity index (χ2v) is 11.1. The molecule has 43 heavy (non-hydrogen) atoms. The van der Waals surface area contributed by atoms with E-state index in [0.717, 1.165) is 21.2 Å². The molecule has 1 N–H and O–H groups in total. The van der Waals surface area contributed by atoms with Crippen molar-refractivity contribution >= 4 is 46.4 Å². The molecule has 0 saturated carbocycles. The van der Waals surface area contributed by atoms with Crippen molar-refractivity contribution in [2.24, 2.45) is 0 Å². The lowest BCUT2D eigenvalue weighted by molar-refractivity contribution is -0.384. The zero-order chi connectivity index (χ0) is 29.9. The van der Waals surface area contributed by atoms with Gasteiger partial charge in [-0.3, -0.25) is 15.1 Å². The SMILES string of the molecule is COC(=O)c1ccccc1-c1ccc([C@@H]2[C@H](c3ccccn3)NC(=S)N2c2ccc(Sc3ccc([N+](=O)[O-])cc3)cc2)o1. The number of anilines is 1. The summed E-state index contributed by atoms with van der Waals surface area (Å²) in [6, 6.07) is 30.3. The van der Waals surface area contributed by atoms with Crippen LogP contribution in [0.15, 0.2) is 124 Å². The Morgan fingerprint density at radius 2 is 1.67 bits per heavy atom. The molecule has 5 aromatic rings. The Morgan fingerprint density at radius 3 is 2.35 bits per heavy atom. The Bertz CT molecular complexity index is 1790. The molecule has 1 saturated heterocycles. The smallest absolute Gasteiger partial charge is 0.338 e. The zero-order valence-electron chi connectivity index (χ0n) is 22.7. The number of nitrogens with one attached hydrogen (secondary N) is 1. The summed E-state index contributed by atoms with van der Waals surface area (Å²) >= 11 is 7.35. The number of ether oxygens (including phenoxy) is 1. The van der Waals surface area contributed by atoms with Gasteiger partial charge in [-0.2, -0.15) is 0 Å². The highest BCUT2D eigenvalue weighted by atomic mass is 32.2. The van der Waals surface area contributed by atoms with Gasteiger partial charge in [0.1, 0.15) is 17.6 Å². The van der Waals surface area contributed by atoms with Gasteiger partial charge in [-0.15, -0.1) is 0 Å². The number of methoxy groups -OCH3 is 1. The molecular formula is C32H24N4O5S2. The van der Waals surface area contributed by atoms with Gasteiger partial charge in [0.05, 0.1) is 29.3 Å². The van der Waals surface area contributed by atoms with Crippen molar-refractivity contribution in [2.45, 2.75) is 21.9 Å². The molecule has 2 atom stereocenters. The van der Waals surface area contributed by atoms with Crippen LogP contribution in [0.25, 0.3) is 11.3 Å². The van der Waals surface area contributed by atoms with E-state index in [1.165, 1.54) is 31.0 Å². The molecule has 0 unspecified atom stereocenters. The Balaban J connectivity index is 1.34. The Morgan fingerprint density at radius 1 is 0.977 bits per heavy atom. The van der Waals surface area contributed by atoms with E-state index < -0.39 is 10.9 Å². The molecule has 2 aromatic heterocycles. The molecular weight excluding hydrogens is 585 g/mol. The first-order valence-electron chi connectivity index (χ1n) is 13.2. The molecule has 11 heteroatoms. The maximum absolute atomic E-state index is 12.4. The molecule has 0 radical (unpaired) electrons. The predicted molar refractivity (Wildman–Crippen MR) is 167 cm³/mol. The minimum atomic E-state index is -0.447. The van der Waals surface area contributed by atoms with Crippen LogP contribution < -0.4 is 10.2 Å². The number of carbonyl (C=O) groups excluding carboxylic acids is 1. The molecule has 1 aliphatic rings. The van der Waals surface area contributed by atoms with Crippen molar-refractivity contribution in [2.75, 3.05) is 12.0 Å². The summed E-state index contributed by atoms with van der Waals surface area (Å²) in [7, 11) is 1.35. The fourth-order valence-electron chi connectivity index (χ4n) is 5.01. The Labute approximate surface area is 256 Å². The van der Waals surface area contributed by atoms with Gasteiger partial charge in [-0.05, 0) is 78.9 Å². The van der Waals surface area contributed by atoms with Crippen LogP contribution >= 0.6 is 24.0 Å². The number of esters is 1. The fraction of sp³-hybridized carbons (Fsp3) is 0.0938. The van der Waals surface area contributed by atoms with E-state index in [1.807, 2.05) is 71.6 Å². The highest BCUT2D eigenvalue weighted by Gasteiger charge is 2.42. The van der Waals surface area contributed by atoms with Gasteiger partial charge in [0.15, 0.2) is 5.11 Å². The van der Waals surface area contributed by atoms with Crippen LogP contribution in [-0.2, 0) is 4.74 Å². The van der Waals surface area contributed by atoms with Crippen LogP contribution in [0.2, 0.25) is 0 Å². The molecule has 0 aliphatic carbocycles. The standard InChI is InChI=1S/C32H24N4O5S2/c1-40-31(37)25-7-3-2-6-24(25)27-17-18-28(41-27)30-29(26-8-4-5-19-33-26)34-32(42)35(30)20-9-13-22(14-10-20)43-23-15-11-21(12-16-23)36(38)39/h2-19,29-30H,1H3,(H,34,42)/t29-,30+/m0/s1. The minimum absolute atomic E-state index is 0.0538. The summed E-state index contributed by atoms with van der Waals surface area (Å²) in [6.45, 7) is 0. The van der Waals surface area contributed by atoms with Gasteiger partial charge >= 0.3 is 5.97 Å². The van der Waals surface area contributed by atoms with Crippen molar-refractivity contribution in [3.63, 3.8) is 0 Å². The number of benzene rings is 3. The number of hydrogen-bond donors (Lipinski definition) is 1. The largest absolute Gasteiger partial charge is 0.465 e. The van der Waals surface area contributed by atoms with E-state index in [9.17, 15) is 14.9 Å². The summed E-state index contributed by atoms with van der Waals surface area (Å²) in [5.74, 6) is 0.724. The molecule has 3 aromatic carbocycles. The number of rotatable bonds is 8. The van der Waals surface area contributed by atoms with Crippen molar-refractivity contribution in [3.8, 4) is 11.3 Å². The first-order valence-corrected chi connectivity index (χ1v) is 14.5. The molecule has 214 valence electrons. The molecule has 0 amide bonds. The predicted octanol–water partition coefficient (Wildman–Crippen LogP) is 7.36. The van der Waals surface area contributed by atoms with Gasteiger partial charge in [0.25, 0.3) is 5.69 Å². The van der Waals surface area contributed by atoms with E-state index >= 15 is 0 Å². The van der Waals surface area contributed by atoms with Crippen LogP contribution in [0.3, 0.4) is 0 Å². The number of nitro benzene ring substituents is 1. The van der Waals surface area contributed by atoms with Crippen molar-refractivity contribution in [3.05, 3.63) is 136 Å². The molecule has 0 bridgehead atoms. The quantitative estimate of drug-likeness (QED) is 0.0830. The minimum Gasteiger partial charge on any atom is -0.465 e. The molecule has 0 spiro atoms. The number of hydrogen-bond acceptors (Lipinski definition) is 8. The van der Waals surface area contributed by atoms with E-state index in [1.54, 1.807) is 30.5 Å². The highest BCUT2D eigenvalue weighted by molar-refractivity contribution is 7.99. The lowest BCUT2D eigenvalue weighted by Crippen LogP contribution is -2.29. The third kappa shape index (κ3) is 5.72. The van der Waals surface area contributed by atoms with E-state index in [2.05, 4.69) is 10.3 Å². The first-order chi connectivity index (χ1) is 20.9. The summed E-state index contributed by atoms with van der Waals surface area (Å²) in [4.78, 5) is 31.5. The first kappa shape index (κ1) is 28.1. The van der Waals surface area contributed by atoms with Crippen LogP contribution in [0, 0.1) is 10.1 Å². The third-order valence-electron chi connectivity index (χ3n) is 7.01. The summed E-state index contributed by atoms with van der Waals surface area (Å²) in [6.07, 6.45) is 1.74. The maximum atomic E-state index is 12.4. The second kappa shape index (κ2) is 12.1. The topological polar surface area (TPSA) is 111 Å². The van der Waals surface area contributed by atoms with Crippen molar-refractivity contribution in [1.29, 1.82) is 0 Å². The lowest BCUT2D eigenvalue weighted by Gasteiger charge is -2.26. The Hall–Kier alpha value is -5.00. The molecule has 1 aliphatic heterocycles. The van der Waals surface area contributed by atoms with Gasteiger partial charge in [-0.25, -0.2) is 4.79 Å². The van der Waals surface area contributed by atoms with E-state index in [-0.39, 0.29) is 17.8 Å². The van der Waals surface area contributed by atoms with Crippen molar-refractivity contribution < 1.29 is 18.9 Å². The average molecular weight is 609 g/mol. The van der Waals surface area contributed by atoms with Crippen LogP contribution in [0.5, 0.6) is 0 Å². The highest BCUT2D eigenvalue weighted by Crippen LogP contribution is 2.43. The summed E-state index contributed by atoms with van der Waals surface area (Å²) in [5, 5.41) is 14.9. The summed E-state index contributed by atoms with van der Waals surface area (Å²) in [5.41, 5.74) is 2.74. The zero-order valence-corrected chi connectivity index (χ0v) is 24.4. The van der Waals surface area contributed by atoms with Crippen LogP contribution in [0.1, 0.15) is 33.9 Å². The molecule has 1 fully saturated rings. The van der Waals surface area contributed by atoms with Gasteiger partial charge < -0.3 is 19.4 Å². The number of aromatic nitrogens is 1. The maximum Gasteiger partial charge on any atom is 0.338 e. The van der Waals surface area contributed by atoms with Gasteiger partial charge in [0.2, 0.25) is 0 Å². The Kier molecular flexibility index (Phi) is 7.91. The van der Waals surface area contributed by atoms with E-state index in [0.29, 0.717) is 27.8 Å². The van der Waals surface area contributed by atoms with E-state index in [4.69, 9.17) is 21.4 Å². The second-order valence-electron chi connectivity index (χ2n) is 9.58. The normalized spacial score (nSPS) is 16.1. The third-order valence-corrected chi connectivity index (χ3v) is 8.34. The number of furan rings is 1. The van der Waals surface area contributed by atoms with Gasteiger partial charge in [-0.1, -0.05) is 36.0 Å². The van der Waals surface area contributed by atoms with Gasteiger partial charge in [0, 0.05) is 39.4 Å². The van der Waals surface area contributed by atoms with Crippen LogP contribution in [-0.4, -0.2) is 28.1 Å². The number of thiocarbonyl (C=S) groups is 1.